The molecule has 1 unspecified atom stereocenters. The minimum atomic E-state index is 0.0745. The van der Waals surface area contributed by atoms with Gasteiger partial charge in [-0.15, -0.1) is 11.3 Å². The fraction of sp³-hybridized carbons (Fsp3) is 0.308. The van der Waals surface area contributed by atoms with E-state index < -0.39 is 0 Å². The minimum absolute atomic E-state index is 0.0745. The molecule has 1 aromatic heterocycles. The lowest BCUT2D eigenvalue weighted by Crippen LogP contribution is -2.14. The Morgan fingerprint density at radius 3 is 2.76 bits per heavy atom. The zero-order chi connectivity index (χ0) is 12.3. The van der Waals surface area contributed by atoms with Crippen molar-refractivity contribution in [3.8, 4) is 0 Å². The molecule has 0 saturated carbocycles. The number of aryl methyl sites for hydroxylation is 2. The van der Waals surface area contributed by atoms with Crippen LogP contribution in [0.1, 0.15) is 22.9 Å². The third kappa shape index (κ3) is 3.31. The van der Waals surface area contributed by atoms with Gasteiger partial charge in [0.1, 0.15) is 4.34 Å². The SMILES string of the molecule is Cc1csc(SCC(N)c2ccccc2C)n1. The first-order valence-electron chi connectivity index (χ1n) is 5.53. The lowest BCUT2D eigenvalue weighted by Gasteiger charge is -2.13. The van der Waals surface area contributed by atoms with Crippen molar-refractivity contribution in [1.82, 2.24) is 4.98 Å². The second-order valence-electron chi connectivity index (χ2n) is 4.03. The molecule has 2 nitrogen and oxygen atoms in total. The predicted octanol–water partition coefficient (Wildman–Crippen LogP) is 3.55. The van der Waals surface area contributed by atoms with Gasteiger partial charge < -0.3 is 5.73 Å². The van der Waals surface area contributed by atoms with Crippen LogP contribution in [0.2, 0.25) is 0 Å². The summed E-state index contributed by atoms with van der Waals surface area (Å²) < 4.78 is 1.10. The summed E-state index contributed by atoms with van der Waals surface area (Å²) in [5.74, 6) is 0.873. The van der Waals surface area contributed by atoms with Crippen LogP contribution < -0.4 is 5.73 Å². The summed E-state index contributed by atoms with van der Waals surface area (Å²) >= 11 is 3.42. The molecule has 0 radical (unpaired) electrons. The molecule has 1 atom stereocenters. The van der Waals surface area contributed by atoms with Gasteiger partial charge in [-0.05, 0) is 25.0 Å². The van der Waals surface area contributed by atoms with Crippen LogP contribution in [0, 0.1) is 13.8 Å². The topological polar surface area (TPSA) is 38.9 Å². The van der Waals surface area contributed by atoms with Crippen LogP contribution in [-0.4, -0.2) is 10.7 Å². The van der Waals surface area contributed by atoms with E-state index >= 15 is 0 Å². The monoisotopic (exact) mass is 264 g/mol. The molecule has 17 heavy (non-hydrogen) atoms. The molecule has 1 aromatic carbocycles. The van der Waals surface area contributed by atoms with E-state index in [1.54, 1.807) is 23.1 Å². The average Bonchev–Trinajstić information content (AvgIpc) is 2.73. The molecule has 2 rings (SSSR count). The number of aromatic nitrogens is 1. The number of benzene rings is 1. The molecular weight excluding hydrogens is 248 g/mol. The second kappa shape index (κ2) is 5.67. The Labute approximate surface area is 110 Å². The second-order valence-corrected chi connectivity index (χ2v) is 6.15. The standard InChI is InChI=1S/C13H16N2S2/c1-9-5-3-4-6-11(9)12(14)8-17-13-15-10(2)7-16-13/h3-7,12H,8,14H2,1-2H3. The number of hydrogen-bond acceptors (Lipinski definition) is 4. The van der Waals surface area contributed by atoms with Gasteiger partial charge in [-0.1, -0.05) is 36.0 Å². The summed E-state index contributed by atoms with van der Waals surface area (Å²) in [5, 5.41) is 2.07. The molecule has 0 aliphatic carbocycles. The highest BCUT2D eigenvalue weighted by atomic mass is 32.2. The molecule has 0 saturated heterocycles. The van der Waals surface area contributed by atoms with Gasteiger partial charge in [-0.25, -0.2) is 4.98 Å². The maximum atomic E-state index is 6.21. The zero-order valence-corrected chi connectivity index (χ0v) is 11.6. The van der Waals surface area contributed by atoms with Crippen LogP contribution in [0.4, 0.5) is 0 Å². The molecule has 1 heterocycles. The number of hydrogen-bond donors (Lipinski definition) is 1. The van der Waals surface area contributed by atoms with E-state index in [0.29, 0.717) is 0 Å². The Balaban J connectivity index is 1.98. The Hall–Kier alpha value is -0.840. The molecule has 0 aliphatic heterocycles. The van der Waals surface area contributed by atoms with Gasteiger partial charge in [-0.2, -0.15) is 0 Å². The molecule has 4 heteroatoms. The fourth-order valence-electron chi connectivity index (χ4n) is 1.65. The van der Waals surface area contributed by atoms with Gasteiger partial charge in [0, 0.05) is 22.9 Å². The normalized spacial score (nSPS) is 12.6. The van der Waals surface area contributed by atoms with Crippen molar-refractivity contribution in [3.05, 3.63) is 46.5 Å². The molecule has 0 bridgehead atoms. The van der Waals surface area contributed by atoms with Crippen molar-refractivity contribution in [2.75, 3.05) is 5.75 Å². The molecular formula is C13H16N2S2. The quantitative estimate of drug-likeness (QED) is 0.858. The molecule has 0 fully saturated rings. The van der Waals surface area contributed by atoms with E-state index in [1.165, 1.54) is 11.1 Å². The summed E-state index contributed by atoms with van der Waals surface area (Å²) in [4.78, 5) is 4.42. The molecule has 0 aliphatic rings. The van der Waals surface area contributed by atoms with Crippen molar-refractivity contribution in [2.45, 2.75) is 24.2 Å². The summed E-state index contributed by atoms with van der Waals surface area (Å²) in [7, 11) is 0. The van der Waals surface area contributed by atoms with E-state index in [-0.39, 0.29) is 6.04 Å². The molecule has 0 spiro atoms. The van der Waals surface area contributed by atoms with Crippen LogP contribution in [0.15, 0.2) is 34.0 Å². The highest BCUT2D eigenvalue weighted by molar-refractivity contribution is 8.01. The molecule has 2 aromatic rings. The number of nitrogens with two attached hydrogens (primary N) is 1. The Morgan fingerprint density at radius 2 is 2.12 bits per heavy atom. The highest BCUT2D eigenvalue weighted by Gasteiger charge is 2.10. The third-order valence-corrected chi connectivity index (χ3v) is 4.83. The van der Waals surface area contributed by atoms with Gasteiger partial charge in [0.2, 0.25) is 0 Å². The highest BCUT2D eigenvalue weighted by Crippen LogP contribution is 2.27. The first-order chi connectivity index (χ1) is 8.16. The Kier molecular flexibility index (Phi) is 4.20. The van der Waals surface area contributed by atoms with Crippen LogP contribution in [0.25, 0.3) is 0 Å². The molecule has 0 amide bonds. The maximum Gasteiger partial charge on any atom is 0.150 e. The van der Waals surface area contributed by atoms with Gasteiger partial charge in [0.15, 0.2) is 0 Å². The van der Waals surface area contributed by atoms with Crippen molar-refractivity contribution in [3.63, 3.8) is 0 Å². The van der Waals surface area contributed by atoms with E-state index in [0.717, 1.165) is 15.8 Å². The van der Waals surface area contributed by atoms with E-state index in [9.17, 15) is 0 Å². The van der Waals surface area contributed by atoms with Crippen LogP contribution in [0.3, 0.4) is 0 Å². The Bertz CT molecular complexity index is 494. The van der Waals surface area contributed by atoms with Crippen molar-refractivity contribution >= 4 is 23.1 Å². The first kappa shape index (κ1) is 12.6. The fourth-order valence-corrected chi connectivity index (χ4v) is 3.50. The summed E-state index contributed by atoms with van der Waals surface area (Å²) in [6.45, 7) is 4.12. The first-order valence-corrected chi connectivity index (χ1v) is 7.39. The summed E-state index contributed by atoms with van der Waals surface area (Å²) in [6.07, 6.45) is 0. The smallest absolute Gasteiger partial charge is 0.150 e. The van der Waals surface area contributed by atoms with E-state index in [1.807, 2.05) is 19.1 Å². The van der Waals surface area contributed by atoms with Crippen molar-refractivity contribution in [1.29, 1.82) is 0 Å². The Morgan fingerprint density at radius 1 is 1.35 bits per heavy atom. The lowest BCUT2D eigenvalue weighted by molar-refractivity contribution is 0.822. The van der Waals surface area contributed by atoms with Crippen molar-refractivity contribution in [2.24, 2.45) is 5.73 Å². The van der Waals surface area contributed by atoms with Crippen LogP contribution >= 0.6 is 23.1 Å². The van der Waals surface area contributed by atoms with Gasteiger partial charge >= 0.3 is 0 Å². The van der Waals surface area contributed by atoms with Gasteiger partial charge in [0.25, 0.3) is 0 Å². The molecule has 90 valence electrons. The summed E-state index contributed by atoms with van der Waals surface area (Å²) in [6, 6.07) is 8.37. The van der Waals surface area contributed by atoms with Gasteiger partial charge in [0.05, 0.1) is 0 Å². The number of nitrogens with zero attached hydrogens (tertiary/aromatic N) is 1. The predicted molar refractivity (Wildman–Crippen MR) is 75.7 cm³/mol. The third-order valence-electron chi connectivity index (χ3n) is 2.57. The van der Waals surface area contributed by atoms with Crippen molar-refractivity contribution < 1.29 is 0 Å². The van der Waals surface area contributed by atoms with Crippen LogP contribution in [0.5, 0.6) is 0 Å². The number of rotatable bonds is 4. The minimum Gasteiger partial charge on any atom is -0.323 e. The zero-order valence-electron chi connectivity index (χ0n) is 10.0. The van der Waals surface area contributed by atoms with E-state index in [4.69, 9.17) is 5.73 Å². The largest absolute Gasteiger partial charge is 0.323 e. The number of thioether (sulfide) groups is 1. The maximum absolute atomic E-state index is 6.21. The lowest BCUT2D eigenvalue weighted by atomic mass is 10.0. The average molecular weight is 264 g/mol. The molecule has 2 N–H and O–H groups in total. The summed E-state index contributed by atoms with van der Waals surface area (Å²) in [5.41, 5.74) is 9.78. The van der Waals surface area contributed by atoms with Gasteiger partial charge in [-0.3, -0.25) is 0 Å². The van der Waals surface area contributed by atoms with Crippen LogP contribution in [-0.2, 0) is 0 Å². The number of thiazole rings is 1. The van der Waals surface area contributed by atoms with E-state index in [2.05, 4.69) is 29.4 Å².